The summed E-state index contributed by atoms with van der Waals surface area (Å²) >= 11 is 0. The Hall–Kier alpha value is -0.0800. The number of nitrogens with two attached hydrogens (primary N) is 2. The molecule has 2 unspecified atom stereocenters. The van der Waals surface area contributed by atoms with Crippen molar-refractivity contribution in [2.45, 2.75) is 31.4 Å². The first-order chi connectivity index (χ1) is 5.07. The first-order valence-electron chi connectivity index (χ1n) is 3.33. The third-order valence-electron chi connectivity index (χ3n) is 1.35. The Morgan fingerprint density at radius 3 is 1.92 bits per heavy atom. The number of halogens is 4. The minimum atomic E-state index is -2.49. The van der Waals surface area contributed by atoms with Gasteiger partial charge in [0.25, 0.3) is 6.43 Å². The molecule has 0 radical (unpaired) electrons. The molecule has 13 heavy (non-hydrogen) atoms. The third-order valence-corrected chi connectivity index (χ3v) is 1.35. The summed E-state index contributed by atoms with van der Waals surface area (Å²) in [7, 11) is 0. The van der Waals surface area contributed by atoms with Gasteiger partial charge in [-0.05, 0) is 12.8 Å². The average molecular weight is 235 g/mol. The van der Waals surface area contributed by atoms with Gasteiger partial charge in [0.1, 0.15) is 0 Å². The fraction of sp³-hybridized carbons (Fsp3) is 0.714. The van der Waals surface area contributed by atoms with Crippen LogP contribution < -0.4 is 11.5 Å². The summed E-state index contributed by atoms with van der Waals surface area (Å²) in [5.74, 6) is 2.24. The van der Waals surface area contributed by atoms with Gasteiger partial charge < -0.3 is 11.5 Å². The lowest BCUT2D eigenvalue weighted by atomic mass is 10.1. The van der Waals surface area contributed by atoms with E-state index in [-0.39, 0.29) is 31.2 Å². The SMILES string of the molecule is C#CC(N)CCC(N)C(F)F.Cl.Cl. The lowest BCUT2D eigenvalue weighted by molar-refractivity contribution is 0.111. The van der Waals surface area contributed by atoms with Crippen LogP contribution in [0.15, 0.2) is 0 Å². The van der Waals surface area contributed by atoms with Gasteiger partial charge in [0.2, 0.25) is 0 Å². The average Bonchev–Trinajstić information content (AvgIpc) is 1.99. The molecular formula is C7H14Cl2F2N2. The van der Waals surface area contributed by atoms with Crippen molar-refractivity contribution in [3.8, 4) is 12.3 Å². The van der Waals surface area contributed by atoms with E-state index >= 15 is 0 Å². The lowest BCUT2D eigenvalue weighted by Gasteiger charge is -2.10. The van der Waals surface area contributed by atoms with Gasteiger partial charge in [0, 0.05) is 0 Å². The Balaban J connectivity index is -0.000000500. The van der Waals surface area contributed by atoms with E-state index in [1.807, 2.05) is 0 Å². The van der Waals surface area contributed by atoms with Crippen LogP contribution in [0.5, 0.6) is 0 Å². The van der Waals surface area contributed by atoms with Crippen molar-refractivity contribution in [1.29, 1.82) is 0 Å². The highest BCUT2D eigenvalue weighted by Crippen LogP contribution is 2.05. The van der Waals surface area contributed by atoms with E-state index in [1.54, 1.807) is 0 Å². The predicted molar refractivity (Wildman–Crippen MR) is 54.5 cm³/mol. The van der Waals surface area contributed by atoms with Crippen LogP contribution in [-0.2, 0) is 0 Å². The Bertz CT molecular complexity index is 150. The zero-order valence-electron chi connectivity index (χ0n) is 6.95. The number of rotatable bonds is 4. The molecule has 0 rings (SSSR count). The van der Waals surface area contributed by atoms with E-state index in [0.29, 0.717) is 6.42 Å². The highest BCUT2D eigenvalue weighted by Gasteiger charge is 2.15. The van der Waals surface area contributed by atoms with E-state index in [4.69, 9.17) is 17.9 Å². The molecule has 0 saturated heterocycles. The van der Waals surface area contributed by atoms with Crippen LogP contribution in [0.4, 0.5) is 8.78 Å². The molecule has 4 N–H and O–H groups in total. The maximum atomic E-state index is 11.8. The molecule has 0 aromatic carbocycles. The Morgan fingerprint density at radius 2 is 1.62 bits per heavy atom. The standard InChI is InChI=1S/C7H12F2N2.2ClH/c1-2-5(10)3-4-6(11)7(8)9;;/h1,5-7H,3-4,10-11H2;2*1H. The third kappa shape index (κ3) is 9.84. The van der Waals surface area contributed by atoms with Crippen molar-refractivity contribution < 1.29 is 8.78 Å². The maximum absolute atomic E-state index is 11.8. The van der Waals surface area contributed by atoms with Crippen LogP contribution in [0.3, 0.4) is 0 Å². The lowest BCUT2D eigenvalue weighted by Crippen LogP contribution is -2.31. The summed E-state index contributed by atoms with van der Waals surface area (Å²) in [6.45, 7) is 0. The van der Waals surface area contributed by atoms with Crippen LogP contribution in [0.1, 0.15) is 12.8 Å². The van der Waals surface area contributed by atoms with Crippen molar-refractivity contribution >= 4 is 24.8 Å². The van der Waals surface area contributed by atoms with Gasteiger partial charge in [-0.1, -0.05) is 5.92 Å². The van der Waals surface area contributed by atoms with Gasteiger partial charge in [-0.25, -0.2) is 8.78 Å². The molecular weight excluding hydrogens is 221 g/mol. The second-order valence-electron chi connectivity index (χ2n) is 2.35. The molecule has 0 aromatic heterocycles. The second kappa shape index (κ2) is 10.0. The molecule has 80 valence electrons. The number of hydrogen-bond donors (Lipinski definition) is 2. The monoisotopic (exact) mass is 234 g/mol. The summed E-state index contributed by atoms with van der Waals surface area (Å²) in [5, 5.41) is 0. The Morgan fingerprint density at radius 1 is 1.15 bits per heavy atom. The van der Waals surface area contributed by atoms with Crippen molar-refractivity contribution in [3.63, 3.8) is 0 Å². The van der Waals surface area contributed by atoms with E-state index in [1.165, 1.54) is 0 Å². The molecule has 0 fully saturated rings. The Kier molecular flexibility index (Phi) is 14.4. The van der Waals surface area contributed by atoms with Gasteiger partial charge in [-0.2, -0.15) is 0 Å². The molecule has 0 bridgehead atoms. The highest BCUT2D eigenvalue weighted by atomic mass is 35.5. The molecule has 0 spiro atoms. The van der Waals surface area contributed by atoms with E-state index in [2.05, 4.69) is 5.92 Å². The molecule has 2 atom stereocenters. The molecule has 0 aliphatic heterocycles. The van der Waals surface area contributed by atoms with Gasteiger partial charge >= 0.3 is 0 Å². The zero-order chi connectivity index (χ0) is 8.85. The fourth-order valence-corrected chi connectivity index (χ4v) is 0.581. The van der Waals surface area contributed by atoms with Crippen molar-refractivity contribution in [2.24, 2.45) is 11.5 Å². The van der Waals surface area contributed by atoms with Crippen molar-refractivity contribution in [2.75, 3.05) is 0 Å². The summed E-state index contributed by atoms with van der Waals surface area (Å²) in [4.78, 5) is 0. The van der Waals surface area contributed by atoms with Gasteiger partial charge in [-0.15, -0.1) is 31.2 Å². The van der Waals surface area contributed by atoms with Crippen molar-refractivity contribution in [1.82, 2.24) is 0 Å². The minimum Gasteiger partial charge on any atom is -0.323 e. The van der Waals surface area contributed by atoms with Crippen LogP contribution >= 0.6 is 24.8 Å². The van der Waals surface area contributed by atoms with Crippen molar-refractivity contribution in [3.05, 3.63) is 0 Å². The Labute approximate surface area is 89.2 Å². The van der Waals surface area contributed by atoms with Crippen LogP contribution in [0.25, 0.3) is 0 Å². The fourth-order valence-electron chi connectivity index (χ4n) is 0.581. The van der Waals surface area contributed by atoms with Crippen LogP contribution in [0, 0.1) is 12.3 Å². The number of terminal acetylenes is 1. The first-order valence-corrected chi connectivity index (χ1v) is 3.33. The number of hydrogen-bond acceptors (Lipinski definition) is 2. The predicted octanol–water partition coefficient (Wildman–Crippen LogP) is 1.16. The first kappa shape index (κ1) is 18.7. The van der Waals surface area contributed by atoms with E-state index < -0.39 is 18.5 Å². The number of alkyl halides is 2. The zero-order valence-corrected chi connectivity index (χ0v) is 8.58. The van der Waals surface area contributed by atoms with Crippen LogP contribution in [0.2, 0.25) is 0 Å². The molecule has 0 heterocycles. The summed E-state index contributed by atoms with van der Waals surface area (Å²) in [6.07, 6.45) is 2.96. The topological polar surface area (TPSA) is 52.0 Å². The van der Waals surface area contributed by atoms with E-state index in [9.17, 15) is 8.78 Å². The van der Waals surface area contributed by atoms with Gasteiger partial charge in [0.05, 0.1) is 12.1 Å². The molecule has 0 saturated carbocycles. The normalized spacial score (nSPS) is 13.5. The summed E-state index contributed by atoms with van der Waals surface area (Å²) in [5.41, 5.74) is 10.3. The van der Waals surface area contributed by atoms with Gasteiger partial charge in [-0.3, -0.25) is 0 Å². The summed E-state index contributed by atoms with van der Waals surface area (Å²) < 4.78 is 23.5. The smallest absolute Gasteiger partial charge is 0.253 e. The quantitative estimate of drug-likeness (QED) is 0.718. The molecule has 2 nitrogen and oxygen atoms in total. The molecule has 0 aliphatic carbocycles. The molecule has 0 amide bonds. The highest BCUT2D eigenvalue weighted by molar-refractivity contribution is 5.85. The van der Waals surface area contributed by atoms with Gasteiger partial charge in [0.15, 0.2) is 0 Å². The molecule has 6 heteroatoms. The summed E-state index contributed by atoms with van der Waals surface area (Å²) in [6, 6.07) is -1.56. The van der Waals surface area contributed by atoms with E-state index in [0.717, 1.165) is 0 Å². The maximum Gasteiger partial charge on any atom is 0.253 e. The molecule has 0 aliphatic rings. The minimum absolute atomic E-state index is 0. The second-order valence-corrected chi connectivity index (χ2v) is 2.35. The largest absolute Gasteiger partial charge is 0.323 e. The molecule has 0 aromatic rings. The van der Waals surface area contributed by atoms with Crippen LogP contribution in [-0.4, -0.2) is 18.5 Å².